The van der Waals surface area contributed by atoms with Gasteiger partial charge in [-0.3, -0.25) is 0 Å². The molecule has 3 atom stereocenters. The van der Waals surface area contributed by atoms with E-state index in [0.29, 0.717) is 4.90 Å². The van der Waals surface area contributed by atoms with E-state index >= 15 is 0 Å². The van der Waals surface area contributed by atoms with Crippen LogP contribution in [0.1, 0.15) is 11.5 Å². The van der Waals surface area contributed by atoms with Crippen LogP contribution in [-0.2, 0) is 9.84 Å². The largest absolute Gasteiger partial charge is 0.329 e. The van der Waals surface area contributed by atoms with E-state index in [4.69, 9.17) is 11.5 Å². The van der Waals surface area contributed by atoms with Gasteiger partial charge in [0.05, 0.1) is 15.7 Å². The molecule has 0 amide bonds. The highest BCUT2D eigenvalue weighted by molar-refractivity contribution is 9.10. The van der Waals surface area contributed by atoms with Crippen molar-refractivity contribution in [2.75, 3.05) is 6.54 Å². The minimum atomic E-state index is -3.51. The summed E-state index contributed by atoms with van der Waals surface area (Å²) in [7, 11) is -3.51. The van der Waals surface area contributed by atoms with Gasteiger partial charge in [-0.2, -0.15) is 0 Å². The van der Waals surface area contributed by atoms with Crippen LogP contribution >= 0.6 is 15.9 Å². The van der Waals surface area contributed by atoms with Gasteiger partial charge in [0.2, 0.25) is 0 Å². The van der Waals surface area contributed by atoms with E-state index < -0.39 is 20.6 Å². The van der Waals surface area contributed by atoms with Crippen LogP contribution in [0.4, 0.5) is 0 Å². The molecule has 4 N–H and O–H groups in total. The molecule has 116 valence electrons. The van der Waals surface area contributed by atoms with Crippen LogP contribution < -0.4 is 11.5 Å². The third-order valence-corrected chi connectivity index (χ3v) is 7.13. The number of sulfone groups is 1. The number of nitrogens with two attached hydrogens (primary N) is 2. The molecule has 1 fully saturated rings. The summed E-state index contributed by atoms with van der Waals surface area (Å²) in [6.45, 7) is 0.129. The van der Waals surface area contributed by atoms with Crippen LogP contribution in [0, 0.1) is 0 Å². The molecular formula is C16H17BrN2O2S. The first-order chi connectivity index (χ1) is 10.4. The molecule has 0 aromatic heterocycles. The second kappa shape index (κ2) is 5.45. The van der Waals surface area contributed by atoms with Crippen molar-refractivity contribution in [3.8, 4) is 0 Å². The third kappa shape index (κ3) is 2.40. The Morgan fingerprint density at radius 2 is 1.64 bits per heavy atom. The first-order valence-electron chi connectivity index (χ1n) is 6.94. The van der Waals surface area contributed by atoms with Crippen molar-refractivity contribution in [3.05, 3.63) is 64.6 Å². The molecule has 1 aliphatic rings. The van der Waals surface area contributed by atoms with E-state index in [1.54, 1.807) is 30.3 Å². The van der Waals surface area contributed by atoms with Crippen LogP contribution in [0.5, 0.6) is 0 Å². The standard InChI is InChI=1S/C16H17BrN2O2S/c17-12-8-6-11(7-9-12)14-15(16(14,19)10-18)22(20,21)13-4-2-1-3-5-13/h1-9,14-15H,10,18-19H2/t14-,15+,16+/m1/s1. The molecule has 2 aromatic carbocycles. The summed E-state index contributed by atoms with van der Waals surface area (Å²) in [5.41, 5.74) is 12.1. The highest BCUT2D eigenvalue weighted by Gasteiger charge is 2.68. The Morgan fingerprint density at radius 3 is 2.18 bits per heavy atom. The summed E-state index contributed by atoms with van der Waals surface area (Å²) < 4.78 is 26.7. The smallest absolute Gasteiger partial charge is 0.183 e. The van der Waals surface area contributed by atoms with E-state index in [0.717, 1.165) is 10.0 Å². The molecule has 6 heteroatoms. The van der Waals surface area contributed by atoms with Gasteiger partial charge in [0.15, 0.2) is 9.84 Å². The topological polar surface area (TPSA) is 86.2 Å². The minimum absolute atomic E-state index is 0.129. The van der Waals surface area contributed by atoms with Gasteiger partial charge in [0.25, 0.3) is 0 Å². The molecule has 0 radical (unpaired) electrons. The lowest BCUT2D eigenvalue weighted by Crippen LogP contribution is -2.39. The molecule has 1 saturated carbocycles. The maximum atomic E-state index is 12.9. The lowest BCUT2D eigenvalue weighted by Gasteiger charge is -2.08. The van der Waals surface area contributed by atoms with Crippen molar-refractivity contribution >= 4 is 25.8 Å². The maximum Gasteiger partial charge on any atom is 0.183 e. The zero-order valence-corrected chi connectivity index (χ0v) is 14.2. The van der Waals surface area contributed by atoms with E-state index in [1.165, 1.54) is 0 Å². The summed E-state index contributed by atoms with van der Waals surface area (Å²) in [4.78, 5) is 0.294. The highest BCUT2D eigenvalue weighted by atomic mass is 79.9. The van der Waals surface area contributed by atoms with Gasteiger partial charge in [-0.05, 0) is 29.8 Å². The Balaban J connectivity index is 2.02. The van der Waals surface area contributed by atoms with Crippen molar-refractivity contribution in [1.82, 2.24) is 0 Å². The fourth-order valence-corrected chi connectivity index (χ4v) is 5.65. The summed E-state index contributed by atoms with van der Waals surface area (Å²) in [5.74, 6) is -0.282. The predicted octanol–water partition coefficient (Wildman–Crippen LogP) is 2.05. The molecule has 0 unspecified atom stereocenters. The van der Waals surface area contributed by atoms with E-state index in [1.807, 2.05) is 24.3 Å². The Bertz CT molecular complexity index is 778. The lowest BCUT2D eigenvalue weighted by atomic mass is 10.1. The average molecular weight is 381 g/mol. The Hall–Kier alpha value is -1.21. The SMILES string of the molecule is NC[C@]1(N)[C@H](c2ccc(Br)cc2)[C@@H]1S(=O)(=O)c1ccccc1. The molecule has 0 heterocycles. The molecule has 1 aliphatic carbocycles. The molecule has 22 heavy (non-hydrogen) atoms. The molecule has 2 aromatic rings. The number of benzene rings is 2. The van der Waals surface area contributed by atoms with Crippen molar-refractivity contribution in [2.45, 2.75) is 21.6 Å². The zero-order chi connectivity index (χ0) is 16.0. The van der Waals surface area contributed by atoms with Crippen LogP contribution in [-0.4, -0.2) is 25.8 Å². The van der Waals surface area contributed by atoms with Crippen molar-refractivity contribution < 1.29 is 8.42 Å². The highest BCUT2D eigenvalue weighted by Crippen LogP contribution is 2.55. The fourth-order valence-electron chi connectivity index (χ4n) is 3.05. The number of hydrogen-bond donors (Lipinski definition) is 2. The first-order valence-corrected chi connectivity index (χ1v) is 9.28. The first kappa shape index (κ1) is 15.7. The predicted molar refractivity (Wildman–Crippen MR) is 90.3 cm³/mol. The van der Waals surface area contributed by atoms with Gasteiger partial charge in [-0.15, -0.1) is 0 Å². The van der Waals surface area contributed by atoms with Gasteiger partial charge in [-0.1, -0.05) is 46.3 Å². The monoisotopic (exact) mass is 380 g/mol. The normalized spacial score (nSPS) is 27.6. The van der Waals surface area contributed by atoms with Crippen molar-refractivity contribution in [3.63, 3.8) is 0 Å². The summed E-state index contributed by atoms with van der Waals surface area (Å²) >= 11 is 3.38. The molecule has 3 rings (SSSR count). The van der Waals surface area contributed by atoms with Crippen molar-refractivity contribution in [1.29, 1.82) is 0 Å². The Labute approximate surface area is 138 Å². The minimum Gasteiger partial charge on any atom is -0.329 e. The van der Waals surface area contributed by atoms with Gasteiger partial charge in [-0.25, -0.2) is 8.42 Å². The zero-order valence-electron chi connectivity index (χ0n) is 11.8. The molecular weight excluding hydrogens is 364 g/mol. The van der Waals surface area contributed by atoms with E-state index in [9.17, 15) is 8.42 Å². The van der Waals surface area contributed by atoms with Crippen LogP contribution in [0.2, 0.25) is 0 Å². The van der Waals surface area contributed by atoms with Gasteiger partial charge >= 0.3 is 0 Å². The summed E-state index contributed by atoms with van der Waals surface area (Å²) in [5, 5.41) is -0.687. The van der Waals surface area contributed by atoms with Gasteiger partial charge < -0.3 is 11.5 Å². The summed E-state index contributed by atoms with van der Waals surface area (Å²) in [6, 6.07) is 16.0. The van der Waals surface area contributed by atoms with Gasteiger partial charge in [0.1, 0.15) is 0 Å². The summed E-state index contributed by atoms with van der Waals surface area (Å²) in [6.07, 6.45) is 0. The molecule has 4 nitrogen and oxygen atoms in total. The molecule has 0 spiro atoms. The average Bonchev–Trinajstić information content (AvgIpc) is 3.17. The Kier molecular flexibility index (Phi) is 3.89. The van der Waals surface area contributed by atoms with Gasteiger partial charge in [0, 0.05) is 16.9 Å². The molecule has 0 saturated heterocycles. The number of halogens is 1. The molecule has 0 bridgehead atoms. The Morgan fingerprint density at radius 1 is 1.05 bits per heavy atom. The van der Waals surface area contributed by atoms with Crippen LogP contribution in [0.25, 0.3) is 0 Å². The van der Waals surface area contributed by atoms with E-state index in [2.05, 4.69) is 15.9 Å². The third-order valence-electron chi connectivity index (χ3n) is 4.29. The number of hydrogen-bond acceptors (Lipinski definition) is 4. The fraction of sp³-hybridized carbons (Fsp3) is 0.250. The number of rotatable bonds is 4. The lowest BCUT2D eigenvalue weighted by molar-refractivity contribution is 0.586. The van der Waals surface area contributed by atoms with Crippen molar-refractivity contribution in [2.24, 2.45) is 11.5 Å². The van der Waals surface area contributed by atoms with Crippen LogP contribution in [0.3, 0.4) is 0 Å². The maximum absolute atomic E-state index is 12.9. The second-order valence-corrected chi connectivity index (χ2v) is 8.61. The second-order valence-electron chi connectivity index (χ2n) is 5.62. The van der Waals surface area contributed by atoms with E-state index in [-0.39, 0.29) is 12.5 Å². The van der Waals surface area contributed by atoms with Crippen LogP contribution in [0.15, 0.2) is 64.0 Å². The molecule has 0 aliphatic heterocycles. The quantitative estimate of drug-likeness (QED) is 0.849.